The largest absolute Gasteiger partial charge is 0.192 e. The second-order valence-electron chi connectivity index (χ2n) is 10.4. The molecule has 0 aliphatic carbocycles. The van der Waals surface area contributed by atoms with Crippen molar-refractivity contribution < 1.29 is 0 Å². The van der Waals surface area contributed by atoms with E-state index >= 15 is 0 Å². The summed E-state index contributed by atoms with van der Waals surface area (Å²) in [6.45, 7) is 0. The van der Waals surface area contributed by atoms with Crippen LogP contribution in [-0.2, 0) is 0 Å². The van der Waals surface area contributed by atoms with E-state index in [4.69, 9.17) is 0 Å². The van der Waals surface area contributed by atoms with E-state index in [0.717, 1.165) is 5.56 Å². The molecular formula is C39H23N. The van der Waals surface area contributed by atoms with Crippen LogP contribution in [0, 0.1) is 11.3 Å². The molecule has 1 heteroatoms. The van der Waals surface area contributed by atoms with E-state index in [1.807, 2.05) is 24.3 Å². The Morgan fingerprint density at radius 2 is 0.775 bits per heavy atom. The lowest BCUT2D eigenvalue weighted by Crippen LogP contribution is -1.90. The zero-order valence-corrected chi connectivity index (χ0v) is 21.7. The van der Waals surface area contributed by atoms with Crippen LogP contribution in [-0.4, -0.2) is 0 Å². The van der Waals surface area contributed by atoms with Crippen molar-refractivity contribution in [2.75, 3.05) is 0 Å². The van der Waals surface area contributed by atoms with Gasteiger partial charge >= 0.3 is 0 Å². The Labute approximate surface area is 232 Å². The molecule has 0 unspecified atom stereocenters. The van der Waals surface area contributed by atoms with Crippen molar-refractivity contribution in [1.82, 2.24) is 0 Å². The van der Waals surface area contributed by atoms with Crippen LogP contribution in [0.4, 0.5) is 0 Å². The van der Waals surface area contributed by atoms with Gasteiger partial charge < -0.3 is 0 Å². The Bertz CT molecular complexity index is 2320. The first-order valence-corrected chi connectivity index (χ1v) is 13.6. The quantitative estimate of drug-likeness (QED) is 0.214. The summed E-state index contributed by atoms with van der Waals surface area (Å²) in [6, 6.07) is 52.1. The second kappa shape index (κ2) is 8.80. The smallest absolute Gasteiger partial charge is 0.0991 e. The number of hydrogen-bond acceptors (Lipinski definition) is 1. The van der Waals surface area contributed by atoms with E-state index in [1.165, 1.54) is 70.6 Å². The summed E-state index contributed by atoms with van der Waals surface area (Å²) in [5, 5.41) is 22.0. The van der Waals surface area contributed by atoms with Gasteiger partial charge in [0, 0.05) is 0 Å². The summed E-state index contributed by atoms with van der Waals surface area (Å²) in [4.78, 5) is 0. The molecule has 0 fully saturated rings. The van der Waals surface area contributed by atoms with Crippen molar-refractivity contribution in [1.29, 1.82) is 5.26 Å². The second-order valence-corrected chi connectivity index (χ2v) is 10.4. The van der Waals surface area contributed by atoms with Crippen LogP contribution < -0.4 is 0 Å². The molecule has 8 rings (SSSR count). The fourth-order valence-electron chi connectivity index (χ4n) is 6.50. The van der Waals surface area contributed by atoms with Crippen LogP contribution in [0.1, 0.15) is 5.56 Å². The summed E-state index contributed by atoms with van der Waals surface area (Å²) in [6.07, 6.45) is 0. The van der Waals surface area contributed by atoms with Crippen LogP contribution in [0.15, 0.2) is 140 Å². The summed E-state index contributed by atoms with van der Waals surface area (Å²) in [7, 11) is 0. The van der Waals surface area contributed by atoms with Gasteiger partial charge in [-0.25, -0.2) is 0 Å². The molecule has 0 amide bonds. The van der Waals surface area contributed by atoms with Gasteiger partial charge in [0.25, 0.3) is 0 Å². The Morgan fingerprint density at radius 1 is 0.350 bits per heavy atom. The molecule has 0 saturated heterocycles. The summed E-state index contributed by atoms with van der Waals surface area (Å²) in [5.41, 5.74) is 5.43. The van der Waals surface area contributed by atoms with Crippen LogP contribution in [0.25, 0.3) is 76.1 Å². The molecule has 0 N–H and O–H groups in total. The average Bonchev–Trinajstić information content (AvgIpc) is 3.04. The SMILES string of the molecule is N#Cc1ccc(-c2ccc(-c3cc4c5ccccc5c5ccccc5c4c4ccccc34)c3ccccc23)cc1. The molecule has 0 aliphatic heterocycles. The zero-order chi connectivity index (χ0) is 26.6. The Hall–Kier alpha value is -5.45. The minimum absolute atomic E-state index is 0.673. The maximum atomic E-state index is 9.27. The Morgan fingerprint density at radius 3 is 1.38 bits per heavy atom. The molecule has 0 saturated carbocycles. The third-order valence-corrected chi connectivity index (χ3v) is 8.29. The predicted molar refractivity (Wildman–Crippen MR) is 170 cm³/mol. The summed E-state index contributed by atoms with van der Waals surface area (Å²) >= 11 is 0. The first-order chi connectivity index (χ1) is 19.8. The van der Waals surface area contributed by atoms with E-state index < -0.39 is 0 Å². The normalized spacial score (nSPS) is 11.5. The van der Waals surface area contributed by atoms with E-state index in [9.17, 15) is 5.26 Å². The van der Waals surface area contributed by atoms with E-state index in [0.29, 0.717) is 5.56 Å². The van der Waals surface area contributed by atoms with Gasteiger partial charge in [0.2, 0.25) is 0 Å². The van der Waals surface area contributed by atoms with Gasteiger partial charge in [-0.05, 0) is 94.3 Å². The maximum absolute atomic E-state index is 9.27. The Kier molecular flexibility index (Phi) is 4.96. The molecule has 0 heterocycles. The molecule has 0 aliphatic rings. The number of hydrogen-bond donors (Lipinski definition) is 0. The molecule has 0 bridgehead atoms. The maximum Gasteiger partial charge on any atom is 0.0991 e. The molecule has 0 radical (unpaired) electrons. The van der Waals surface area contributed by atoms with Gasteiger partial charge in [-0.15, -0.1) is 0 Å². The molecule has 40 heavy (non-hydrogen) atoms. The van der Waals surface area contributed by atoms with Crippen molar-refractivity contribution in [2.24, 2.45) is 0 Å². The van der Waals surface area contributed by atoms with Crippen LogP contribution in [0.5, 0.6) is 0 Å². The molecule has 8 aromatic carbocycles. The van der Waals surface area contributed by atoms with Gasteiger partial charge in [0.05, 0.1) is 11.6 Å². The van der Waals surface area contributed by atoms with E-state index in [-0.39, 0.29) is 0 Å². The highest BCUT2D eigenvalue weighted by atomic mass is 14.2. The average molecular weight is 506 g/mol. The minimum atomic E-state index is 0.673. The Balaban J connectivity index is 1.50. The lowest BCUT2D eigenvalue weighted by Gasteiger charge is -2.18. The monoisotopic (exact) mass is 505 g/mol. The van der Waals surface area contributed by atoms with E-state index in [2.05, 4.69) is 121 Å². The number of benzene rings is 8. The molecule has 0 aromatic heterocycles. The molecular weight excluding hydrogens is 482 g/mol. The van der Waals surface area contributed by atoms with Gasteiger partial charge in [-0.2, -0.15) is 5.26 Å². The third-order valence-electron chi connectivity index (χ3n) is 8.29. The highest BCUT2D eigenvalue weighted by Gasteiger charge is 2.17. The fourth-order valence-corrected chi connectivity index (χ4v) is 6.50. The first kappa shape index (κ1) is 22.5. The van der Waals surface area contributed by atoms with Gasteiger partial charge in [-0.1, -0.05) is 121 Å². The summed E-state index contributed by atoms with van der Waals surface area (Å²) < 4.78 is 0. The van der Waals surface area contributed by atoms with Gasteiger partial charge in [-0.3, -0.25) is 0 Å². The van der Waals surface area contributed by atoms with Crippen LogP contribution >= 0.6 is 0 Å². The highest BCUT2D eigenvalue weighted by Crippen LogP contribution is 2.44. The van der Waals surface area contributed by atoms with Crippen molar-refractivity contribution in [3.63, 3.8) is 0 Å². The molecule has 1 nitrogen and oxygen atoms in total. The standard InChI is InChI=1S/C39H23N/c40-24-25-17-19-26(20-18-25)27-21-22-34(29-10-2-1-9-28(27)29)37-23-38-32-13-4-3-11-30(32)31-12-5-7-15-35(31)39(38)36-16-8-6-14-33(36)37/h1-23H. The first-order valence-electron chi connectivity index (χ1n) is 13.6. The lowest BCUT2D eigenvalue weighted by molar-refractivity contribution is 1.48. The van der Waals surface area contributed by atoms with Crippen molar-refractivity contribution in [2.45, 2.75) is 0 Å². The fraction of sp³-hybridized carbons (Fsp3) is 0. The number of fused-ring (bicyclic) bond motifs is 9. The number of rotatable bonds is 2. The summed E-state index contributed by atoms with van der Waals surface area (Å²) in [5.74, 6) is 0. The van der Waals surface area contributed by atoms with Gasteiger partial charge in [0.1, 0.15) is 0 Å². The third kappa shape index (κ3) is 3.27. The topological polar surface area (TPSA) is 23.8 Å². The number of nitriles is 1. The van der Waals surface area contributed by atoms with Crippen LogP contribution in [0.3, 0.4) is 0 Å². The van der Waals surface area contributed by atoms with Crippen molar-refractivity contribution in [3.05, 3.63) is 145 Å². The molecule has 0 atom stereocenters. The molecule has 0 spiro atoms. The highest BCUT2D eigenvalue weighted by molar-refractivity contribution is 6.33. The predicted octanol–water partition coefficient (Wildman–Crippen LogP) is 10.7. The molecule has 184 valence electrons. The van der Waals surface area contributed by atoms with Crippen molar-refractivity contribution >= 4 is 53.9 Å². The van der Waals surface area contributed by atoms with Crippen LogP contribution in [0.2, 0.25) is 0 Å². The van der Waals surface area contributed by atoms with Gasteiger partial charge in [0.15, 0.2) is 0 Å². The lowest BCUT2D eigenvalue weighted by atomic mass is 9.85. The zero-order valence-electron chi connectivity index (χ0n) is 21.7. The number of nitrogens with zero attached hydrogens (tertiary/aromatic N) is 1. The van der Waals surface area contributed by atoms with Crippen molar-refractivity contribution in [3.8, 4) is 28.3 Å². The molecule has 8 aromatic rings. The van der Waals surface area contributed by atoms with E-state index in [1.54, 1.807) is 0 Å². The minimum Gasteiger partial charge on any atom is -0.192 e.